The van der Waals surface area contributed by atoms with Crippen LogP contribution in [0.15, 0.2) is 65.8 Å². The van der Waals surface area contributed by atoms with Gasteiger partial charge in [0.2, 0.25) is 0 Å². The smallest absolute Gasteiger partial charge is 0.270 e. The number of sulfonamides is 1. The summed E-state index contributed by atoms with van der Waals surface area (Å²) in [6.45, 7) is 1.80. The van der Waals surface area contributed by atoms with Crippen LogP contribution in [-0.2, 0) is 10.0 Å². The number of imidazole rings is 1. The van der Waals surface area contributed by atoms with E-state index in [-0.39, 0.29) is 10.7 Å². The van der Waals surface area contributed by atoms with Crippen molar-refractivity contribution in [1.29, 1.82) is 0 Å². The van der Waals surface area contributed by atoms with Crippen molar-refractivity contribution in [2.45, 2.75) is 17.9 Å². The number of H-pyrrole nitrogens is 1. The van der Waals surface area contributed by atoms with Gasteiger partial charge in [-0.3, -0.25) is 0 Å². The average molecular weight is 437 g/mol. The van der Waals surface area contributed by atoms with Crippen LogP contribution < -0.4 is 9.62 Å². The maximum atomic E-state index is 13.9. The minimum Gasteiger partial charge on any atom is -0.360 e. The van der Waals surface area contributed by atoms with Crippen molar-refractivity contribution in [3.8, 4) is 0 Å². The van der Waals surface area contributed by atoms with E-state index in [4.69, 9.17) is 0 Å². The van der Waals surface area contributed by atoms with Gasteiger partial charge < -0.3 is 10.3 Å². The molecule has 0 saturated carbocycles. The molecule has 0 radical (unpaired) electrons. The third kappa shape index (κ3) is 3.19. The number of halogens is 1. The first-order valence-electron chi connectivity index (χ1n) is 9.33. The SMILES string of the molecule is C[C@H](Nc1ncnc2nc[nH]c12)C1=Cc2ccc(F)cc2S(=O)(=O)N1c1ccccn1. The Bertz CT molecular complexity index is 1420. The molecule has 1 atom stereocenters. The van der Waals surface area contributed by atoms with Crippen molar-refractivity contribution in [2.75, 3.05) is 9.62 Å². The highest BCUT2D eigenvalue weighted by atomic mass is 32.2. The summed E-state index contributed by atoms with van der Waals surface area (Å²) >= 11 is 0. The van der Waals surface area contributed by atoms with Crippen LogP contribution in [0.1, 0.15) is 12.5 Å². The Kier molecular flexibility index (Phi) is 4.40. The highest BCUT2D eigenvalue weighted by Crippen LogP contribution is 2.36. The Morgan fingerprint density at radius 1 is 1.13 bits per heavy atom. The lowest BCUT2D eigenvalue weighted by Gasteiger charge is -2.33. The Balaban J connectivity index is 1.65. The summed E-state index contributed by atoms with van der Waals surface area (Å²) in [4.78, 5) is 19.5. The first-order chi connectivity index (χ1) is 14.9. The van der Waals surface area contributed by atoms with Crippen molar-refractivity contribution < 1.29 is 12.8 Å². The second-order valence-corrected chi connectivity index (χ2v) is 8.65. The number of pyridine rings is 1. The van der Waals surface area contributed by atoms with Crippen molar-refractivity contribution in [3.05, 3.63) is 72.3 Å². The molecule has 1 aliphatic rings. The number of fused-ring (bicyclic) bond motifs is 2. The molecule has 0 spiro atoms. The van der Waals surface area contributed by atoms with Gasteiger partial charge >= 0.3 is 0 Å². The first-order valence-corrected chi connectivity index (χ1v) is 10.8. The van der Waals surface area contributed by atoms with Gasteiger partial charge in [0.15, 0.2) is 11.5 Å². The second-order valence-electron chi connectivity index (χ2n) is 6.90. The fourth-order valence-corrected chi connectivity index (χ4v) is 5.22. The number of aromatic amines is 1. The molecule has 0 fully saturated rings. The van der Waals surface area contributed by atoms with Gasteiger partial charge in [0.25, 0.3) is 10.0 Å². The topological polar surface area (TPSA) is 117 Å². The Hall–Kier alpha value is -3.86. The lowest BCUT2D eigenvalue weighted by molar-refractivity contribution is 0.586. The molecule has 9 nitrogen and oxygen atoms in total. The summed E-state index contributed by atoms with van der Waals surface area (Å²) in [5, 5.41) is 3.22. The van der Waals surface area contributed by atoms with E-state index in [0.717, 1.165) is 10.4 Å². The van der Waals surface area contributed by atoms with E-state index in [1.54, 1.807) is 31.2 Å². The van der Waals surface area contributed by atoms with Crippen LogP contribution in [0, 0.1) is 5.82 Å². The van der Waals surface area contributed by atoms with E-state index in [1.807, 2.05) is 0 Å². The summed E-state index contributed by atoms with van der Waals surface area (Å²) < 4.78 is 42.0. The number of hydrogen-bond acceptors (Lipinski definition) is 7. The molecule has 11 heteroatoms. The predicted octanol–water partition coefficient (Wildman–Crippen LogP) is 2.94. The van der Waals surface area contributed by atoms with Crippen LogP contribution in [0.25, 0.3) is 17.2 Å². The lowest BCUT2D eigenvalue weighted by Crippen LogP contribution is -2.40. The fourth-order valence-electron chi connectivity index (χ4n) is 3.49. The second kappa shape index (κ2) is 7.13. The number of benzene rings is 1. The lowest BCUT2D eigenvalue weighted by atomic mass is 10.1. The number of hydrogen-bond donors (Lipinski definition) is 2. The van der Waals surface area contributed by atoms with Crippen LogP contribution in [0.4, 0.5) is 16.0 Å². The van der Waals surface area contributed by atoms with E-state index in [0.29, 0.717) is 28.2 Å². The Morgan fingerprint density at radius 2 is 2.00 bits per heavy atom. The number of aromatic nitrogens is 5. The summed E-state index contributed by atoms with van der Waals surface area (Å²) in [6, 6.07) is 8.14. The normalized spacial score (nSPS) is 15.9. The molecule has 1 aliphatic heterocycles. The fraction of sp³-hybridized carbons (Fsp3) is 0.100. The highest BCUT2D eigenvalue weighted by Gasteiger charge is 2.37. The van der Waals surface area contributed by atoms with Gasteiger partial charge in [-0.1, -0.05) is 12.1 Å². The third-order valence-electron chi connectivity index (χ3n) is 4.91. The molecule has 0 aliphatic carbocycles. The van der Waals surface area contributed by atoms with Crippen molar-refractivity contribution in [1.82, 2.24) is 24.9 Å². The molecule has 4 aromatic rings. The monoisotopic (exact) mass is 437 g/mol. The standard InChI is InChI=1S/C20H16FN7O2S/c1-12(27-20-18-19(24-10-23-18)25-11-26-20)15-8-13-5-6-14(21)9-16(13)31(29,30)28(15)17-4-2-3-7-22-17/h2-12H,1H3,(H2,23,24,25,26,27)/t12-/m0/s1. The Labute approximate surface area is 176 Å². The minimum absolute atomic E-state index is 0.118. The van der Waals surface area contributed by atoms with Gasteiger partial charge in [0, 0.05) is 6.20 Å². The average Bonchev–Trinajstić information content (AvgIpc) is 3.24. The van der Waals surface area contributed by atoms with Gasteiger partial charge in [0.1, 0.15) is 23.5 Å². The summed E-state index contributed by atoms with van der Waals surface area (Å²) in [5.41, 5.74) is 1.88. The molecule has 3 aromatic heterocycles. The maximum Gasteiger partial charge on any atom is 0.270 e. The zero-order chi connectivity index (χ0) is 21.6. The molecular formula is C20H16FN7O2S. The number of anilines is 2. The summed E-state index contributed by atoms with van der Waals surface area (Å²) in [7, 11) is -4.11. The predicted molar refractivity (Wildman–Crippen MR) is 113 cm³/mol. The largest absolute Gasteiger partial charge is 0.360 e. The zero-order valence-electron chi connectivity index (χ0n) is 16.2. The van der Waals surface area contributed by atoms with Crippen LogP contribution in [0.2, 0.25) is 0 Å². The quantitative estimate of drug-likeness (QED) is 0.504. The summed E-state index contributed by atoms with van der Waals surface area (Å²) in [6.07, 6.45) is 6.08. The van der Waals surface area contributed by atoms with Gasteiger partial charge in [-0.2, -0.15) is 0 Å². The number of nitrogens with one attached hydrogen (secondary N) is 2. The van der Waals surface area contributed by atoms with Gasteiger partial charge in [0.05, 0.1) is 23.0 Å². The molecule has 4 heterocycles. The highest BCUT2D eigenvalue weighted by molar-refractivity contribution is 7.93. The molecule has 5 rings (SSSR count). The number of nitrogens with zero attached hydrogens (tertiary/aromatic N) is 5. The minimum atomic E-state index is -4.11. The van der Waals surface area contributed by atoms with E-state index >= 15 is 0 Å². The van der Waals surface area contributed by atoms with Gasteiger partial charge in [-0.25, -0.2) is 37.0 Å². The molecule has 2 N–H and O–H groups in total. The summed E-state index contributed by atoms with van der Waals surface area (Å²) in [5.74, 6) is 0.0415. The van der Waals surface area contributed by atoms with E-state index in [2.05, 4.69) is 30.2 Å². The van der Waals surface area contributed by atoms with Crippen LogP contribution in [0.3, 0.4) is 0 Å². The molecule has 0 amide bonds. The maximum absolute atomic E-state index is 13.9. The van der Waals surface area contributed by atoms with E-state index in [1.165, 1.54) is 31.0 Å². The van der Waals surface area contributed by atoms with Crippen molar-refractivity contribution in [3.63, 3.8) is 0 Å². The molecule has 31 heavy (non-hydrogen) atoms. The third-order valence-corrected chi connectivity index (χ3v) is 6.70. The van der Waals surface area contributed by atoms with Crippen LogP contribution in [0.5, 0.6) is 0 Å². The van der Waals surface area contributed by atoms with Gasteiger partial charge in [-0.05, 0) is 42.8 Å². The number of rotatable bonds is 4. The molecule has 1 aromatic carbocycles. The van der Waals surface area contributed by atoms with E-state index in [9.17, 15) is 12.8 Å². The molecule has 156 valence electrons. The van der Waals surface area contributed by atoms with Gasteiger partial charge in [-0.15, -0.1) is 0 Å². The Morgan fingerprint density at radius 3 is 2.81 bits per heavy atom. The molecular weight excluding hydrogens is 421 g/mol. The molecule has 0 unspecified atom stereocenters. The van der Waals surface area contributed by atoms with Crippen LogP contribution in [-0.4, -0.2) is 39.4 Å². The van der Waals surface area contributed by atoms with Crippen LogP contribution >= 0.6 is 0 Å². The molecule has 0 bridgehead atoms. The molecule has 0 saturated heterocycles. The van der Waals surface area contributed by atoms with Crippen molar-refractivity contribution in [2.24, 2.45) is 0 Å². The first kappa shape index (κ1) is 19.1. The van der Waals surface area contributed by atoms with Crippen molar-refractivity contribution >= 4 is 38.9 Å². The zero-order valence-corrected chi connectivity index (χ0v) is 17.0. The van der Waals surface area contributed by atoms with E-state index < -0.39 is 21.9 Å².